The minimum atomic E-state index is 0.595. The molecule has 0 aliphatic carbocycles. The van der Waals surface area contributed by atoms with Gasteiger partial charge in [-0.2, -0.15) is 0 Å². The second-order valence-corrected chi connectivity index (χ2v) is 3.34. The summed E-state index contributed by atoms with van der Waals surface area (Å²) in [6, 6.07) is 0. The van der Waals surface area contributed by atoms with E-state index in [9.17, 15) is 0 Å². The molecule has 54 valence electrons. The lowest BCUT2D eigenvalue weighted by Crippen LogP contribution is -1.95. The zero-order valence-corrected chi connectivity index (χ0v) is 8.03. The van der Waals surface area contributed by atoms with Crippen LogP contribution in [0.1, 0.15) is 33.6 Å². The second kappa shape index (κ2) is 5.04. The van der Waals surface area contributed by atoms with Gasteiger partial charge in [-0.25, -0.2) is 0 Å². The molecule has 0 aliphatic heterocycles. The molecule has 1 atom stereocenters. The first kappa shape index (κ1) is 9.22. The molecule has 1 heteroatoms. The first-order valence-corrected chi connectivity index (χ1v) is 4.44. The smallest absolute Gasteiger partial charge is 0.0349 e. The fourth-order valence-electron chi connectivity index (χ4n) is 0.772. The van der Waals surface area contributed by atoms with Crippen molar-refractivity contribution in [2.75, 3.05) is 0 Å². The summed E-state index contributed by atoms with van der Waals surface area (Å²) < 4.78 is 0. The van der Waals surface area contributed by atoms with Crippen LogP contribution in [-0.2, 0) is 0 Å². The average molecular weight is 191 g/mol. The Balaban J connectivity index is 3.70. The van der Waals surface area contributed by atoms with Gasteiger partial charge in [0.2, 0.25) is 0 Å². The molecule has 1 unspecified atom stereocenters. The lowest BCUT2D eigenvalue weighted by Gasteiger charge is -2.05. The van der Waals surface area contributed by atoms with Gasteiger partial charge >= 0.3 is 0 Å². The fraction of sp³-hybridized carbons (Fsp3) is 0.750. The van der Waals surface area contributed by atoms with E-state index in [2.05, 4.69) is 42.8 Å². The maximum atomic E-state index is 3.57. The molecule has 0 saturated heterocycles. The summed E-state index contributed by atoms with van der Waals surface area (Å²) >= 11 is 3.57. The highest BCUT2D eigenvalue weighted by Crippen LogP contribution is 2.14. The van der Waals surface area contributed by atoms with Crippen LogP contribution in [0.3, 0.4) is 0 Å². The number of halogens is 1. The van der Waals surface area contributed by atoms with Crippen LogP contribution < -0.4 is 0 Å². The number of allylic oxidation sites excluding steroid dienone is 2. The Hall–Kier alpha value is 0.220. The van der Waals surface area contributed by atoms with E-state index >= 15 is 0 Å². The van der Waals surface area contributed by atoms with Gasteiger partial charge in [0.05, 0.1) is 0 Å². The molecule has 0 aromatic heterocycles. The normalized spacial score (nSPS) is 15.8. The fourth-order valence-corrected chi connectivity index (χ4v) is 0.959. The number of alkyl halides is 1. The summed E-state index contributed by atoms with van der Waals surface area (Å²) in [6.45, 7) is 6.53. The molecule has 0 aliphatic rings. The zero-order valence-electron chi connectivity index (χ0n) is 6.45. The maximum absolute atomic E-state index is 3.57. The van der Waals surface area contributed by atoms with E-state index in [-0.39, 0.29) is 0 Å². The lowest BCUT2D eigenvalue weighted by atomic mass is 10.1. The molecule has 0 saturated carbocycles. The Kier molecular flexibility index (Phi) is 5.16. The molecule has 0 fully saturated rings. The summed E-state index contributed by atoms with van der Waals surface area (Å²) in [5.41, 5.74) is 1.46. The van der Waals surface area contributed by atoms with E-state index in [0.717, 1.165) is 6.42 Å². The van der Waals surface area contributed by atoms with Crippen LogP contribution in [0.25, 0.3) is 0 Å². The van der Waals surface area contributed by atoms with Crippen molar-refractivity contribution in [3.05, 3.63) is 11.6 Å². The first-order chi connectivity index (χ1) is 4.22. The summed E-state index contributed by atoms with van der Waals surface area (Å²) in [5, 5.41) is 0. The van der Waals surface area contributed by atoms with E-state index in [0.29, 0.717) is 4.83 Å². The van der Waals surface area contributed by atoms with Crippen molar-refractivity contribution in [1.29, 1.82) is 0 Å². The molecule has 9 heavy (non-hydrogen) atoms. The minimum absolute atomic E-state index is 0.595. The minimum Gasteiger partial charge on any atom is -0.0848 e. The molecule has 0 bridgehead atoms. The van der Waals surface area contributed by atoms with E-state index < -0.39 is 0 Å². The Morgan fingerprint density at radius 3 is 2.44 bits per heavy atom. The van der Waals surface area contributed by atoms with Gasteiger partial charge in [0.25, 0.3) is 0 Å². The molecule has 0 radical (unpaired) electrons. The highest BCUT2D eigenvalue weighted by molar-refractivity contribution is 9.09. The van der Waals surface area contributed by atoms with Gasteiger partial charge in [-0.05, 0) is 19.8 Å². The monoisotopic (exact) mass is 190 g/mol. The zero-order chi connectivity index (χ0) is 7.28. The van der Waals surface area contributed by atoms with Gasteiger partial charge in [0.15, 0.2) is 0 Å². The van der Waals surface area contributed by atoms with E-state index in [1.165, 1.54) is 12.0 Å². The van der Waals surface area contributed by atoms with Crippen molar-refractivity contribution in [1.82, 2.24) is 0 Å². The lowest BCUT2D eigenvalue weighted by molar-refractivity contribution is 0.928. The largest absolute Gasteiger partial charge is 0.0848 e. The Morgan fingerprint density at radius 2 is 2.11 bits per heavy atom. The van der Waals surface area contributed by atoms with Gasteiger partial charge in [-0.1, -0.05) is 41.4 Å². The molecule has 0 aromatic carbocycles. The van der Waals surface area contributed by atoms with Crippen LogP contribution in [0.2, 0.25) is 0 Å². The quantitative estimate of drug-likeness (QED) is 0.473. The van der Waals surface area contributed by atoms with Crippen LogP contribution in [0, 0.1) is 0 Å². The Labute approximate surface area is 66.5 Å². The molecule has 0 N–H and O–H groups in total. The highest BCUT2D eigenvalue weighted by atomic mass is 79.9. The third kappa shape index (κ3) is 3.74. The predicted octanol–water partition coefficient (Wildman–Crippen LogP) is 3.52. The van der Waals surface area contributed by atoms with Crippen LogP contribution in [0.4, 0.5) is 0 Å². The highest BCUT2D eigenvalue weighted by Gasteiger charge is 1.99. The van der Waals surface area contributed by atoms with Crippen LogP contribution >= 0.6 is 15.9 Å². The molecule has 0 nitrogen and oxygen atoms in total. The molecule has 0 aromatic rings. The number of rotatable bonds is 3. The van der Waals surface area contributed by atoms with E-state index in [4.69, 9.17) is 0 Å². The number of hydrogen-bond acceptors (Lipinski definition) is 0. The molecular weight excluding hydrogens is 176 g/mol. The van der Waals surface area contributed by atoms with E-state index in [1.807, 2.05) is 0 Å². The van der Waals surface area contributed by atoms with Gasteiger partial charge in [-0.3, -0.25) is 0 Å². The van der Waals surface area contributed by atoms with Crippen molar-refractivity contribution in [3.63, 3.8) is 0 Å². The van der Waals surface area contributed by atoms with Crippen molar-refractivity contribution in [2.24, 2.45) is 0 Å². The van der Waals surface area contributed by atoms with Crippen molar-refractivity contribution >= 4 is 15.9 Å². The average Bonchev–Trinajstić information content (AvgIpc) is 1.87. The molecular formula is C8H15Br. The summed E-state index contributed by atoms with van der Waals surface area (Å²) in [7, 11) is 0. The van der Waals surface area contributed by atoms with Crippen LogP contribution in [0.15, 0.2) is 11.6 Å². The van der Waals surface area contributed by atoms with Gasteiger partial charge in [0, 0.05) is 4.83 Å². The molecule has 0 spiro atoms. The van der Waals surface area contributed by atoms with Crippen LogP contribution in [0.5, 0.6) is 0 Å². The summed E-state index contributed by atoms with van der Waals surface area (Å²) in [4.78, 5) is 0.595. The third-order valence-corrected chi connectivity index (χ3v) is 2.75. The van der Waals surface area contributed by atoms with Gasteiger partial charge < -0.3 is 0 Å². The van der Waals surface area contributed by atoms with Crippen LogP contribution in [-0.4, -0.2) is 4.83 Å². The van der Waals surface area contributed by atoms with Gasteiger partial charge in [0.1, 0.15) is 0 Å². The predicted molar refractivity (Wildman–Crippen MR) is 47.1 cm³/mol. The van der Waals surface area contributed by atoms with Crippen molar-refractivity contribution < 1.29 is 0 Å². The molecule has 0 amide bonds. The molecule has 0 heterocycles. The van der Waals surface area contributed by atoms with E-state index in [1.54, 1.807) is 0 Å². The first-order valence-electron chi connectivity index (χ1n) is 3.53. The summed E-state index contributed by atoms with van der Waals surface area (Å²) in [6.07, 6.45) is 4.60. The Bertz CT molecular complexity index is 94.7. The summed E-state index contributed by atoms with van der Waals surface area (Å²) in [5.74, 6) is 0. The second-order valence-electron chi connectivity index (χ2n) is 2.23. The standard InChI is InChI=1S/C8H15Br/c1-4-6-7(3)8(9)5-2/h6,8H,4-5H2,1-3H3/b7-6-. The SMILES string of the molecule is CC/C=C(/C)C(Br)CC. The number of hydrogen-bond donors (Lipinski definition) is 0. The third-order valence-electron chi connectivity index (χ3n) is 1.38. The molecule has 0 rings (SSSR count). The maximum Gasteiger partial charge on any atom is 0.0349 e. The van der Waals surface area contributed by atoms with Gasteiger partial charge in [-0.15, -0.1) is 0 Å². The van der Waals surface area contributed by atoms with Crippen molar-refractivity contribution in [3.8, 4) is 0 Å². The topological polar surface area (TPSA) is 0 Å². The Morgan fingerprint density at radius 1 is 1.56 bits per heavy atom. The van der Waals surface area contributed by atoms with Crippen molar-refractivity contribution in [2.45, 2.75) is 38.4 Å².